The number of aliphatic carboxylic acids is 1. The Morgan fingerprint density at radius 3 is 2.13 bits per heavy atom. The van der Waals surface area contributed by atoms with E-state index in [0.29, 0.717) is 31.8 Å². The van der Waals surface area contributed by atoms with Crippen molar-refractivity contribution in [1.29, 1.82) is 0 Å². The van der Waals surface area contributed by atoms with Crippen molar-refractivity contribution in [3.63, 3.8) is 0 Å². The molecule has 0 fully saturated rings. The van der Waals surface area contributed by atoms with Gasteiger partial charge in [-0.1, -0.05) is 0 Å². The Morgan fingerprint density at radius 2 is 1.80 bits per heavy atom. The summed E-state index contributed by atoms with van der Waals surface area (Å²) >= 11 is 0.383. The van der Waals surface area contributed by atoms with Gasteiger partial charge in [-0.05, 0) is 0 Å². The number of rotatable bonds is 1. The van der Waals surface area contributed by atoms with E-state index in [1.807, 2.05) is 6.07 Å². The number of hydrogen-bond acceptors (Lipinski definition) is 3. The second-order valence-corrected chi connectivity index (χ2v) is 5.66. The van der Waals surface area contributed by atoms with Crippen LogP contribution in [0.15, 0.2) is 18.2 Å². The van der Waals surface area contributed by atoms with Crippen molar-refractivity contribution in [2.45, 2.75) is 6.92 Å². The molecule has 4 N–H and O–H groups in total. The molecule has 0 amide bonds. The summed E-state index contributed by atoms with van der Waals surface area (Å²) in [5.74, 6) is -1.78. The average molecular weight is 397 g/mol. The van der Waals surface area contributed by atoms with E-state index in [0.717, 1.165) is 10.00 Å². The number of nitrogen functional groups attached to an aromatic ring is 1. The number of hydrogen-bond donors (Lipinski definition) is 3. The van der Waals surface area contributed by atoms with Crippen molar-refractivity contribution >= 4 is 20.7 Å². The van der Waals surface area contributed by atoms with Gasteiger partial charge >= 0.3 is 80.2 Å². The molecular formula is C9H10HgNO4. The summed E-state index contributed by atoms with van der Waals surface area (Å²) in [5.41, 5.74) is 6.20. The maximum atomic E-state index is 10.5. The minimum atomic E-state index is -0.949. The first-order chi connectivity index (χ1) is 6.86. The van der Waals surface area contributed by atoms with Crippen LogP contribution in [0.5, 0.6) is 0 Å². The van der Waals surface area contributed by atoms with Crippen molar-refractivity contribution in [3.8, 4) is 0 Å². The number of benzene rings is 1. The molecule has 0 aliphatic rings. The van der Waals surface area contributed by atoms with Crippen molar-refractivity contribution in [2.75, 3.05) is 5.73 Å². The van der Waals surface area contributed by atoms with E-state index in [9.17, 15) is 4.79 Å². The van der Waals surface area contributed by atoms with Crippen LogP contribution in [0.2, 0.25) is 0 Å². The number of para-hydroxylation sites is 1. The van der Waals surface area contributed by atoms with Gasteiger partial charge in [0.15, 0.2) is 0 Å². The van der Waals surface area contributed by atoms with Crippen LogP contribution in [-0.2, 0) is 30.9 Å². The van der Waals surface area contributed by atoms with Crippen LogP contribution < -0.4 is 8.81 Å². The summed E-state index contributed by atoms with van der Waals surface area (Å²) in [4.78, 5) is 19.5. The fraction of sp³-hybridized carbons (Fsp3) is 0.111. The zero-order chi connectivity index (χ0) is 12.0. The van der Waals surface area contributed by atoms with E-state index < -0.39 is 11.9 Å². The van der Waals surface area contributed by atoms with E-state index in [4.69, 9.17) is 20.7 Å². The van der Waals surface area contributed by atoms with E-state index in [1.165, 1.54) is 6.07 Å². The molecule has 0 unspecified atom stereocenters. The van der Waals surface area contributed by atoms with Crippen LogP contribution in [0, 0.1) is 0 Å². The first-order valence-corrected chi connectivity index (χ1v) is 6.74. The molecule has 0 heterocycles. The molecule has 0 aromatic heterocycles. The molecule has 0 saturated carbocycles. The van der Waals surface area contributed by atoms with Crippen LogP contribution in [0.3, 0.4) is 0 Å². The van der Waals surface area contributed by atoms with Gasteiger partial charge in [-0.3, -0.25) is 4.79 Å². The van der Waals surface area contributed by atoms with E-state index in [2.05, 4.69) is 0 Å². The molecule has 0 aliphatic carbocycles. The van der Waals surface area contributed by atoms with Crippen molar-refractivity contribution < 1.29 is 45.9 Å². The van der Waals surface area contributed by atoms with Gasteiger partial charge in [-0.15, -0.1) is 0 Å². The van der Waals surface area contributed by atoms with E-state index in [-0.39, 0.29) is 5.56 Å². The predicted octanol–water partition coefficient (Wildman–Crippen LogP) is 0.230. The van der Waals surface area contributed by atoms with Crippen LogP contribution in [-0.4, -0.2) is 22.2 Å². The second-order valence-electron chi connectivity index (χ2n) is 2.70. The van der Waals surface area contributed by atoms with Gasteiger partial charge in [0.1, 0.15) is 0 Å². The molecular weight excluding hydrogens is 387 g/mol. The molecule has 0 radical (unpaired) electrons. The molecule has 6 heteroatoms. The van der Waals surface area contributed by atoms with Crippen LogP contribution in [0.4, 0.5) is 5.69 Å². The predicted molar refractivity (Wildman–Crippen MR) is 50.8 cm³/mol. The zero-order valence-electron chi connectivity index (χ0n) is 8.23. The van der Waals surface area contributed by atoms with Crippen molar-refractivity contribution in [1.82, 2.24) is 0 Å². The molecule has 1 aromatic rings. The van der Waals surface area contributed by atoms with Gasteiger partial charge < -0.3 is 5.11 Å². The Hall–Kier alpha value is -1.10. The van der Waals surface area contributed by atoms with Gasteiger partial charge in [-0.25, -0.2) is 0 Å². The van der Waals surface area contributed by atoms with Gasteiger partial charge in [0, 0.05) is 6.92 Å². The number of aromatic carboxylic acids is 1. The molecule has 5 nitrogen and oxygen atoms in total. The quantitative estimate of drug-likeness (QED) is 0.466. The van der Waals surface area contributed by atoms with Crippen molar-refractivity contribution in [3.05, 3.63) is 23.8 Å². The number of carboxylic acids is 2. The molecule has 1 aromatic carbocycles. The Bertz CT molecular complexity index is 374. The molecule has 0 spiro atoms. The number of nitrogens with two attached hydrogens (primary N) is 1. The molecule has 77 valence electrons. The molecule has 1 rings (SSSR count). The fourth-order valence-electron chi connectivity index (χ4n) is 0.800. The Morgan fingerprint density at radius 1 is 1.33 bits per heavy atom. The topological polar surface area (TPSA) is 101 Å². The van der Waals surface area contributed by atoms with Crippen LogP contribution in [0.25, 0.3) is 0 Å². The summed E-state index contributed by atoms with van der Waals surface area (Å²) in [6.07, 6.45) is 0. The van der Waals surface area contributed by atoms with Gasteiger partial charge in [0.25, 0.3) is 5.97 Å². The standard InChI is InChI=1S/C7H6NO2.C2H4O2.Hg/c8-6-4-2-1-3-5(6)7(9)10;1-2(3)4;/h1-3H,8H2,(H,9,10);1H3,(H,3,4);. The van der Waals surface area contributed by atoms with Gasteiger partial charge in [-0.2, -0.15) is 0 Å². The number of anilines is 1. The SMILES string of the molecule is CC(=O)O.Nc1[c]([Hg])cccc1C(=O)O. The molecule has 0 atom stereocenters. The Labute approximate surface area is 103 Å². The average Bonchev–Trinajstić information content (AvgIpc) is 2.08. The first kappa shape index (κ1) is 13.9. The summed E-state index contributed by atoms with van der Waals surface area (Å²) in [6.45, 7) is 1.08. The summed E-state index contributed by atoms with van der Waals surface area (Å²) < 4.78 is 0.991. The van der Waals surface area contributed by atoms with E-state index in [1.54, 1.807) is 6.07 Å². The third-order valence-corrected chi connectivity index (χ3v) is 3.82. The summed E-state index contributed by atoms with van der Waals surface area (Å²) in [5, 5.41) is 16.0. The monoisotopic (exact) mass is 398 g/mol. The molecule has 15 heavy (non-hydrogen) atoms. The zero-order valence-corrected chi connectivity index (χ0v) is 13.7. The third kappa shape index (κ3) is 5.36. The van der Waals surface area contributed by atoms with Gasteiger partial charge in [0.2, 0.25) is 0 Å². The number of carboxylic acid groups (broad SMARTS) is 2. The first-order valence-electron chi connectivity index (χ1n) is 3.99. The summed E-state index contributed by atoms with van der Waals surface area (Å²) in [6, 6.07) is 5.11. The third-order valence-electron chi connectivity index (χ3n) is 1.43. The molecule has 0 saturated heterocycles. The van der Waals surface area contributed by atoms with Gasteiger partial charge in [0.05, 0.1) is 0 Å². The van der Waals surface area contributed by atoms with Crippen LogP contribution >= 0.6 is 0 Å². The Kier molecular flexibility index (Phi) is 5.92. The second kappa shape index (κ2) is 6.39. The maximum absolute atomic E-state index is 10.5. The summed E-state index contributed by atoms with van der Waals surface area (Å²) in [7, 11) is 0. The van der Waals surface area contributed by atoms with Crippen molar-refractivity contribution in [2.24, 2.45) is 0 Å². The normalized spacial score (nSPS) is 8.73. The van der Waals surface area contributed by atoms with Crippen LogP contribution in [0.1, 0.15) is 17.3 Å². The minimum absolute atomic E-state index is 0.220. The molecule has 0 aliphatic heterocycles. The Balaban J connectivity index is 0.000000423. The number of carbonyl (C=O) groups is 2. The molecule has 0 bridgehead atoms. The fourth-order valence-corrected chi connectivity index (χ4v) is 2.07. The van der Waals surface area contributed by atoms with E-state index >= 15 is 0 Å².